The normalized spacial score (nSPS) is 9.57. The maximum atomic E-state index is 11.3. The van der Waals surface area contributed by atoms with E-state index in [0.29, 0.717) is 9.88 Å². The molecule has 1 aromatic rings. The quantitative estimate of drug-likeness (QED) is 0.567. The highest BCUT2D eigenvalue weighted by atomic mass is 32.1. The summed E-state index contributed by atoms with van der Waals surface area (Å²) in [6.07, 6.45) is 1.67. The molecule has 14 heavy (non-hydrogen) atoms. The third kappa shape index (κ3) is 1.61. The van der Waals surface area contributed by atoms with Crippen molar-refractivity contribution in [2.45, 2.75) is 6.92 Å². The minimum absolute atomic E-state index is 0.342. The van der Waals surface area contributed by atoms with E-state index in [4.69, 9.17) is 0 Å². The van der Waals surface area contributed by atoms with E-state index in [2.05, 4.69) is 23.0 Å². The van der Waals surface area contributed by atoms with Crippen molar-refractivity contribution in [1.82, 2.24) is 0 Å². The molecule has 0 amide bonds. The summed E-state index contributed by atoms with van der Waals surface area (Å²) in [7, 11) is 1.36. The van der Waals surface area contributed by atoms with Gasteiger partial charge in [0, 0.05) is 5.56 Å². The van der Waals surface area contributed by atoms with Gasteiger partial charge in [0.25, 0.3) is 0 Å². The molecular weight excluding hydrogens is 198 g/mol. The minimum Gasteiger partial charge on any atom is -0.465 e. The van der Waals surface area contributed by atoms with Crippen LogP contribution in [0.2, 0.25) is 0 Å². The van der Waals surface area contributed by atoms with E-state index in [1.807, 2.05) is 6.92 Å². The predicted octanol–water partition coefficient (Wildman–Crippen LogP) is 2.82. The van der Waals surface area contributed by atoms with Crippen molar-refractivity contribution in [2.75, 3.05) is 7.11 Å². The zero-order valence-corrected chi connectivity index (χ0v) is 8.98. The van der Waals surface area contributed by atoms with E-state index in [1.165, 1.54) is 18.4 Å². The fourth-order valence-electron chi connectivity index (χ4n) is 1.16. The Morgan fingerprint density at radius 2 is 2.29 bits per heavy atom. The summed E-state index contributed by atoms with van der Waals surface area (Å²) in [5.41, 5.74) is 1.70. The standard InChI is InChI=1S/C10H11NO2S/c1-5-7-6(2)8(10(12)13-4)14-9(7)11-3/h5H,1,3H2,2,4H3. The van der Waals surface area contributed by atoms with Gasteiger partial charge in [0.2, 0.25) is 0 Å². The molecule has 1 rings (SSSR count). The summed E-state index contributed by atoms with van der Waals surface area (Å²) in [4.78, 5) is 15.7. The highest BCUT2D eigenvalue weighted by Crippen LogP contribution is 2.35. The third-order valence-electron chi connectivity index (χ3n) is 1.89. The summed E-state index contributed by atoms with van der Waals surface area (Å²) in [5, 5.41) is 0.706. The van der Waals surface area contributed by atoms with Gasteiger partial charge in [0.1, 0.15) is 9.88 Å². The van der Waals surface area contributed by atoms with Crippen LogP contribution in [-0.4, -0.2) is 19.8 Å². The van der Waals surface area contributed by atoms with Crippen molar-refractivity contribution < 1.29 is 9.53 Å². The van der Waals surface area contributed by atoms with Crippen LogP contribution in [0.3, 0.4) is 0 Å². The van der Waals surface area contributed by atoms with Crippen molar-refractivity contribution in [1.29, 1.82) is 0 Å². The third-order valence-corrected chi connectivity index (χ3v) is 3.11. The summed E-state index contributed by atoms with van der Waals surface area (Å²) in [6, 6.07) is 0. The Labute approximate surface area is 86.7 Å². The number of carbonyl (C=O) groups is 1. The summed E-state index contributed by atoms with van der Waals surface area (Å²) in [6.45, 7) is 8.95. The van der Waals surface area contributed by atoms with Gasteiger partial charge in [0.05, 0.1) is 7.11 Å². The van der Waals surface area contributed by atoms with Crippen molar-refractivity contribution in [3.8, 4) is 0 Å². The number of carbonyl (C=O) groups excluding carboxylic acids is 1. The topological polar surface area (TPSA) is 38.7 Å². The molecular formula is C10H11NO2S. The van der Waals surface area contributed by atoms with Gasteiger partial charge in [-0.3, -0.25) is 4.99 Å². The molecule has 0 radical (unpaired) electrons. The van der Waals surface area contributed by atoms with Crippen LogP contribution in [0, 0.1) is 6.92 Å². The lowest BCUT2D eigenvalue weighted by atomic mass is 10.1. The number of hydrogen-bond donors (Lipinski definition) is 0. The molecule has 0 atom stereocenters. The zero-order valence-electron chi connectivity index (χ0n) is 8.16. The smallest absolute Gasteiger partial charge is 0.348 e. The molecule has 0 aromatic carbocycles. The van der Waals surface area contributed by atoms with Crippen LogP contribution < -0.4 is 0 Å². The van der Waals surface area contributed by atoms with Gasteiger partial charge in [-0.1, -0.05) is 12.7 Å². The molecule has 1 heterocycles. The van der Waals surface area contributed by atoms with Crippen molar-refractivity contribution in [3.05, 3.63) is 22.6 Å². The number of rotatable bonds is 3. The van der Waals surface area contributed by atoms with Crippen LogP contribution >= 0.6 is 11.3 Å². The van der Waals surface area contributed by atoms with Crippen LogP contribution in [0.4, 0.5) is 5.00 Å². The first kappa shape index (κ1) is 10.7. The molecule has 4 heteroatoms. The van der Waals surface area contributed by atoms with Gasteiger partial charge in [-0.2, -0.15) is 0 Å². The van der Waals surface area contributed by atoms with Gasteiger partial charge >= 0.3 is 5.97 Å². The molecule has 0 spiro atoms. The Bertz CT molecular complexity index is 393. The number of ether oxygens (including phenoxy) is 1. The largest absolute Gasteiger partial charge is 0.465 e. The molecule has 0 aliphatic rings. The second kappa shape index (κ2) is 4.19. The first-order chi connectivity index (χ1) is 6.65. The molecule has 3 nitrogen and oxygen atoms in total. The highest BCUT2D eigenvalue weighted by molar-refractivity contribution is 7.18. The van der Waals surface area contributed by atoms with Crippen LogP contribution in [-0.2, 0) is 4.74 Å². The van der Waals surface area contributed by atoms with Crippen LogP contribution in [0.25, 0.3) is 6.08 Å². The van der Waals surface area contributed by atoms with E-state index in [1.54, 1.807) is 6.08 Å². The zero-order chi connectivity index (χ0) is 10.7. The number of hydrogen-bond acceptors (Lipinski definition) is 4. The predicted molar refractivity (Wildman–Crippen MR) is 59.7 cm³/mol. The SMILES string of the molecule is C=Cc1c(N=C)sc(C(=O)OC)c1C. The lowest BCUT2D eigenvalue weighted by molar-refractivity contribution is 0.0605. The van der Waals surface area contributed by atoms with E-state index in [-0.39, 0.29) is 5.97 Å². The molecule has 0 bridgehead atoms. The Morgan fingerprint density at radius 1 is 1.64 bits per heavy atom. The molecule has 0 aliphatic heterocycles. The van der Waals surface area contributed by atoms with E-state index >= 15 is 0 Å². The van der Waals surface area contributed by atoms with Crippen molar-refractivity contribution >= 4 is 35.1 Å². The Morgan fingerprint density at radius 3 is 2.64 bits per heavy atom. The number of aliphatic imine (C=N–C) groups is 1. The molecule has 0 N–H and O–H groups in total. The van der Waals surface area contributed by atoms with Gasteiger partial charge in [-0.15, -0.1) is 11.3 Å². The molecule has 0 unspecified atom stereocenters. The Kier molecular flexibility index (Phi) is 3.19. The van der Waals surface area contributed by atoms with E-state index in [0.717, 1.165) is 11.1 Å². The maximum Gasteiger partial charge on any atom is 0.348 e. The van der Waals surface area contributed by atoms with Crippen LogP contribution in [0.5, 0.6) is 0 Å². The lowest BCUT2D eigenvalue weighted by Gasteiger charge is -1.96. The summed E-state index contributed by atoms with van der Waals surface area (Å²) >= 11 is 1.27. The Balaban J connectivity index is 3.34. The molecule has 0 saturated heterocycles. The Hall–Kier alpha value is -1.42. The van der Waals surface area contributed by atoms with Gasteiger partial charge in [0.15, 0.2) is 0 Å². The fourth-order valence-corrected chi connectivity index (χ4v) is 2.19. The maximum absolute atomic E-state index is 11.3. The first-order valence-corrected chi connectivity index (χ1v) is 4.78. The van der Waals surface area contributed by atoms with Gasteiger partial charge in [-0.25, -0.2) is 4.79 Å². The second-order valence-electron chi connectivity index (χ2n) is 2.63. The average molecular weight is 209 g/mol. The van der Waals surface area contributed by atoms with Gasteiger partial charge < -0.3 is 4.74 Å². The van der Waals surface area contributed by atoms with Crippen LogP contribution in [0.1, 0.15) is 20.8 Å². The summed E-state index contributed by atoms with van der Waals surface area (Å²) in [5.74, 6) is -0.342. The van der Waals surface area contributed by atoms with E-state index < -0.39 is 0 Å². The lowest BCUT2D eigenvalue weighted by Crippen LogP contribution is -1.99. The fraction of sp³-hybridized carbons (Fsp3) is 0.200. The number of nitrogens with zero attached hydrogens (tertiary/aromatic N) is 1. The van der Waals surface area contributed by atoms with E-state index in [9.17, 15) is 4.79 Å². The minimum atomic E-state index is -0.342. The number of thiophene rings is 1. The van der Waals surface area contributed by atoms with Gasteiger partial charge in [-0.05, 0) is 19.2 Å². The summed E-state index contributed by atoms with van der Waals surface area (Å²) < 4.78 is 4.65. The van der Waals surface area contributed by atoms with Crippen LogP contribution in [0.15, 0.2) is 11.6 Å². The first-order valence-electron chi connectivity index (χ1n) is 3.96. The second-order valence-corrected chi connectivity index (χ2v) is 3.63. The van der Waals surface area contributed by atoms with Crippen molar-refractivity contribution in [3.63, 3.8) is 0 Å². The van der Waals surface area contributed by atoms with Crippen molar-refractivity contribution in [2.24, 2.45) is 4.99 Å². The monoisotopic (exact) mass is 209 g/mol. The number of methoxy groups -OCH3 is 1. The molecule has 74 valence electrons. The average Bonchev–Trinajstić information content (AvgIpc) is 2.53. The molecule has 0 saturated carbocycles. The molecule has 1 aromatic heterocycles. The molecule has 0 aliphatic carbocycles. The highest BCUT2D eigenvalue weighted by Gasteiger charge is 2.17. The number of esters is 1. The molecule has 0 fully saturated rings.